The number of rotatable bonds is 6. The second-order valence-electron chi connectivity index (χ2n) is 5.00. The zero-order valence-corrected chi connectivity index (χ0v) is 14.1. The Morgan fingerprint density at radius 1 is 1.17 bits per heavy atom. The third-order valence-corrected chi connectivity index (χ3v) is 5.69. The van der Waals surface area contributed by atoms with Gasteiger partial charge in [-0.2, -0.15) is 4.31 Å². The second kappa shape index (κ2) is 6.55. The third kappa shape index (κ3) is 3.30. The van der Waals surface area contributed by atoms with Gasteiger partial charge in [0.05, 0.1) is 4.90 Å². The maximum Gasteiger partial charge on any atom is 0.339 e. The molecule has 0 atom stereocenters. The molecule has 1 aromatic heterocycles. The molecule has 1 heterocycles. The summed E-state index contributed by atoms with van der Waals surface area (Å²) < 4.78 is 31.6. The maximum atomic E-state index is 12.4. The number of hydrogen-bond donors (Lipinski definition) is 1. The number of carboxylic acids is 1. The number of hydrogen-bond acceptors (Lipinski definition) is 4. The van der Waals surface area contributed by atoms with Crippen LogP contribution in [0.25, 0.3) is 11.3 Å². The van der Waals surface area contributed by atoms with Crippen molar-refractivity contribution in [2.24, 2.45) is 0 Å². The number of nitrogens with zero attached hydrogens (tertiary/aromatic N) is 1. The van der Waals surface area contributed by atoms with Crippen molar-refractivity contribution in [3.8, 4) is 11.3 Å². The van der Waals surface area contributed by atoms with Gasteiger partial charge in [0, 0.05) is 18.7 Å². The van der Waals surface area contributed by atoms with Crippen molar-refractivity contribution < 1.29 is 22.7 Å². The van der Waals surface area contributed by atoms with Gasteiger partial charge < -0.3 is 9.52 Å². The zero-order valence-electron chi connectivity index (χ0n) is 13.2. The largest absolute Gasteiger partial charge is 0.478 e. The van der Waals surface area contributed by atoms with Crippen molar-refractivity contribution in [3.05, 3.63) is 41.7 Å². The van der Waals surface area contributed by atoms with Crippen molar-refractivity contribution in [2.45, 2.75) is 25.7 Å². The van der Waals surface area contributed by atoms with Gasteiger partial charge in [-0.1, -0.05) is 13.8 Å². The lowest BCUT2D eigenvalue weighted by Gasteiger charge is -2.18. The Bertz CT molecular complexity index is 801. The highest BCUT2D eigenvalue weighted by molar-refractivity contribution is 7.89. The first-order chi connectivity index (χ1) is 10.8. The predicted octanol–water partition coefficient (Wildman–Crippen LogP) is 2.98. The number of benzene rings is 1. The number of aryl methyl sites for hydroxylation is 1. The number of furan rings is 1. The molecule has 6 nitrogen and oxygen atoms in total. The fourth-order valence-corrected chi connectivity index (χ4v) is 3.80. The van der Waals surface area contributed by atoms with Gasteiger partial charge in [-0.25, -0.2) is 13.2 Å². The molecule has 1 aromatic carbocycles. The summed E-state index contributed by atoms with van der Waals surface area (Å²) in [4.78, 5) is 11.2. The number of carboxylic acid groups (broad SMARTS) is 1. The summed E-state index contributed by atoms with van der Waals surface area (Å²) in [6, 6.07) is 7.66. The van der Waals surface area contributed by atoms with E-state index in [2.05, 4.69) is 0 Å². The summed E-state index contributed by atoms with van der Waals surface area (Å²) in [6.45, 7) is 5.95. The lowest BCUT2D eigenvalue weighted by molar-refractivity contribution is 0.0695. The van der Waals surface area contributed by atoms with Gasteiger partial charge >= 0.3 is 5.97 Å². The minimum atomic E-state index is -3.51. The molecule has 0 spiro atoms. The van der Waals surface area contributed by atoms with Crippen LogP contribution in [0, 0.1) is 6.92 Å². The molecule has 0 aliphatic rings. The van der Waals surface area contributed by atoms with Gasteiger partial charge in [-0.3, -0.25) is 0 Å². The van der Waals surface area contributed by atoms with Crippen LogP contribution in [0.2, 0.25) is 0 Å². The van der Waals surface area contributed by atoms with Crippen LogP contribution >= 0.6 is 0 Å². The summed E-state index contributed by atoms with van der Waals surface area (Å²) in [6.07, 6.45) is 0. The van der Waals surface area contributed by atoms with Gasteiger partial charge in [-0.05, 0) is 37.3 Å². The number of carbonyl (C=O) groups is 1. The smallest absolute Gasteiger partial charge is 0.339 e. The average Bonchev–Trinajstić information content (AvgIpc) is 2.90. The van der Waals surface area contributed by atoms with Gasteiger partial charge in [0.25, 0.3) is 0 Å². The summed E-state index contributed by atoms with van der Waals surface area (Å²) in [5.74, 6) is -0.350. The van der Waals surface area contributed by atoms with Gasteiger partial charge in [0.2, 0.25) is 10.0 Å². The molecule has 7 heteroatoms. The van der Waals surface area contributed by atoms with E-state index in [0.29, 0.717) is 30.2 Å². The molecule has 0 amide bonds. The second-order valence-corrected chi connectivity index (χ2v) is 6.94. The van der Waals surface area contributed by atoms with E-state index in [1.165, 1.54) is 22.5 Å². The summed E-state index contributed by atoms with van der Waals surface area (Å²) in [5, 5.41) is 9.05. The molecule has 23 heavy (non-hydrogen) atoms. The van der Waals surface area contributed by atoms with E-state index in [0.717, 1.165) is 0 Å². The van der Waals surface area contributed by atoms with E-state index in [1.54, 1.807) is 32.9 Å². The first-order valence-corrected chi connectivity index (χ1v) is 8.69. The monoisotopic (exact) mass is 337 g/mol. The molecule has 124 valence electrons. The first kappa shape index (κ1) is 17.2. The first-order valence-electron chi connectivity index (χ1n) is 7.25. The van der Waals surface area contributed by atoms with Gasteiger partial charge in [0.1, 0.15) is 17.1 Å². The molecule has 0 saturated carbocycles. The summed E-state index contributed by atoms with van der Waals surface area (Å²) in [7, 11) is -3.51. The van der Waals surface area contributed by atoms with Crippen LogP contribution in [0.3, 0.4) is 0 Å². The van der Waals surface area contributed by atoms with E-state index in [4.69, 9.17) is 9.52 Å². The van der Waals surface area contributed by atoms with Crippen LogP contribution < -0.4 is 0 Å². The van der Waals surface area contributed by atoms with Gasteiger partial charge in [-0.15, -0.1) is 0 Å². The Labute approximate surface area is 135 Å². The van der Waals surface area contributed by atoms with E-state index in [9.17, 15) is 13.2 Å². The highest BCUT2D eigenvalue weighted by Gasteiger charge is 2.22. The molecule has 1 N–H and O–H groups in total. The Hall–Kier alpha value is -2.12. The molecule has 0 fully saturated rings. The molecular formula is C16H19NO5S. The van der Waals surface area contributed by atoms with E-state index in [-0.39, 0.29) is 10.5 Å². The van der Waals surface area contributed by atoms with E-state index in [1.807, 2.05) is 0 Å². The highest BCUT2D eigenvalue weighted by Crippen LogP contribution is 2.27. The van der Waals surface area contributed by atoms with Crippen LogP contribution in [0.4, 0.5) is 0 Å². The molecule has 0 aliphatic carbocycles. The van der Waals surface area contributed by atoms with Crippen LogP contribution in [0.15, 0.2) is 39.6 Å². The van der Waals surface area contributed by atoms with Gasteiger partial charge in [0.15, 0.2) is 0 Å². The van der Waals surface area contributed by atoms with E-state index >= 15 is 0 Å². The van der Waals surface area contributed by atoms with Crippen LogP contribution in [0.1, 0.15) is 30.0 Å². The fraction of sp³-hybridized carbons (Fsp3) is 0.312. The summed E-state index contributed by atoms with van der Waals surface area (Å²) >= 11 is 0. The van der Waals surface area contributed by atoms with Crippen LogP contribution in [-0.2, 0) is 10.0 Å². The Morgan fingerprint density at radius 3 is 2.17 bits per heavy atom. The Kier molecular flexibility index (Phi) is 4.91. The topological polar surface area (TPSA) is 87.8 Å². The predicted molar refractivity (Wildman–Crippen MR) is 85.9 cm³/mol. The van der Waals surface area contributed by atoms with Crippen molar-refractivity contribution in [3.63, 3.8) is 0 Å². The number of aromatic carboxylic acids is 1. The van der Waals surface area contributed by atoms with E-state index < -0.39 is 16.0 Å². The Balaban J connectivity index is 2.37. The molecule has 0 unspecified atom stereocenters. The zero-order chi connectivity index (χ0) is 17.2. The molecule has 0 saturated heterocycles. The quantitative estimate of drug-likeness (QED) is 0.875. The normalized spacial score (nSPS) is 11.8. The van der Waals surface area contributed by atoms with Crippen LogP contribution in [0.5, 0.6) is 0 Å². The molecule has 0 bridgehead atoms. The van der Waals surface area contributed by atoms with Crippen molar-refractivity contribution in [1.82, 2.24) is 4.31 Å². The molecule has 0 radical (unpaired) electrons. The third-order valence-electron chi connectivity index (χ3n) is 3.63. The van der Waals surface area contributed by atoms with Crippen LogP contribution in [-0.4, -0.2) is 36.9 Å². The maximum absolute atomic E-state index is 12.4. The highest BCUT2D eigenvalue weighted by atomic mass is 32.2. The average molecular weight is 337 g/mol. The summed E-state index contributed by atoms with van der Waals surface area (Å²) in [5.41, 5.74) is 0.721. The molecular weight excluding hydrogens is 318 g/mol. The minimum absolute atomic E-state index is 0.0971. The van der Waals surface area contributed by atoms with Crippen molar-refractivity contribution >= 4 is 16.0 Å². The lowest BCUT2D eigenvalue weighted by atomic mass is 10.1. The molecule has 2 rings (SSSR count). The lowest BCUT2D eigenvalue weighted by Crippen LogP contribution is -2.30. The standard InChI is InChI=1S/C16H19NO5S/c1-4-17(5-2)23(20,21)13-8-6-12(7-9-13)15-10-14(16(18)19)11(3)22-15/h6-10H,4-5H2,1-3H3,(H,18,19). The van der Waals surface area contributed by atoms with Crippen molar-refractivity contribution in [1.29, 1.82) is 0 Å². The molecule has 0 aliphatic heterocycles. The van der Waals surface area contributed by atoms with Crippen molar-refractivity contribution in [2.75, 3.05) is 13.1 Å². The molecule has 2 aromatic rings. The fourth-order valence-electron chi connectivity index (χ4n) is 2.34. The minimum Gasteiger partial charge on any atom is -0.478 e. The number of sulfonamides is 1. The Morgan fingerprint density at radius 2 is 1.74 bits per heavy atom. The SMILES string of the molecule is CCN(CC)S(=O)(=O)c1ccc(-c2cc(C(=O)O)c(C)o2)cc1.